The molecule has 0 amide bonds. The van der Waals surface area contributed by atoms with Gasteiger partial charge in [-0.05, 0) is 32.6 Å². The van der Waals surface area contributed by atoms with Crippen LogP contribution in [0.4, 0.5) is 4.79 Å². The Hall–Kier alpha value is -1.26. The molecule has 0 bridgehead atoms. The van der Waals surface area contributed by atoms with Gasteiger partial charge in [-0.15, -0.1) is 0 Å². The van der Waals surface area contributed by atoms with Gasteiger partial charge in [0.25, 0.3) is 0 Å². The summed E-state index contributed by atoms with van der Waals surface area (Å²) in [7, 11) is 0. The molecule has 1 saturated heterocycles. The van der Waals surface area contributed by atoms with Crippen LogP contribution in [0.5, 0.6) is 0 Å². The van der Waals surface area contributed by atoms with Gasteiger partial charge in [0, 0.05) is 6.42 Å². The lowest BCUT2D eigenvalue weighted by molar-refractivity contribution is -0.159. The zero-order chi connectivity index (χ0) is 13.0. The summed E-state index contributed by atoms with van der Waals surface area (Å²) in [4.78, 5) is 22.9. The Morgan fingerprint density at radius 3 is 2.78 bits per heavy atom. The average molecular weight is 256 g/mol. The molecule has 102 valence electrons. The van der Waals surface area contributed by atoms with Crippen molar-refractivity contribution in [3.63, 3.8) is 0 Å². The monoisotopic (exact) mass is 256 g/mol. The van der Waals surface area contributed by atoms with Crippen molar-refractivity contribution < 1.29 is 23.8 Å². The Morgan fingerprint density at radius 1 is 1.39 bits per heavy atom. The third-order valence-corrected chi connectivity index (χ3v) is 3.55. The quantitative estimate of drug-likeness (QED) is 0.726. The summed E-state index contributed by atoms with van der Waals surface area (Å²) < 4.78 is 15.2. The van der Waals surface area contributed by atoms with E-state index >= 15 is 0 Å². The molecule has 1 atom stereocenters. The second-order valence-corrected chi connectivity index (χ2v) is 5.33. The molecule has 2 rings (SSSR count). The maximum atomic E-state index is 11.8. The van der Waals surface area contributed by atoms with Gasteiger partial charge in [0.05, 0.1) is 13.0 Å². The van der Waals surface area contributed by atoms with Crippen LogP contribution in [-0.2, 0) is 19.0 Å². The summed E-state index contributed by atoms with van der Waals surface area (Å²) in [6.45, 7) is 2.04. The van der Waals surface area contributed by atoms with Crippen LogP contribution in [0.1, 0.15) is 51.9 Å². The highest BCUT2D eigenvalue weighted by molar-refractivity contribution is 5.72. The van der Waals surface area contributed by atoms with E-state index in [1.54, 1.807) is 6.92 Å². The zero-order valence-electron chi connectivity index (χ0n) is 10.8. The number of hydrogen-bond donors (Lipinski definition) is 0. The standard InChI is InChI=1S/C13H20O5/c1-13(7-8-16-12(15)18-13)9-11(14)17-10-5-3-2-4-6-10/h10H,2-9H2,1H3. The predicted octanol–water partition coefficient (Wildman–Crippen LogP) is 2.57. The summed E-state index contributed by atoms with van der Waals surface area (Å²) in [6, 6.07) is 0. The van der Waals surface area contributed by atoms with Gasteiger partial charge in [-0.25, -0.2) is 4.79 Å². The van der Waals surface area contributed by atoms with Crippen molar-refractivity contribution in [1.82, 2.24) is 0 Å². The van der Waals surface area contributed by atoms with E-state index < -0.39 is 11.8 Å². The summed E-state index contributed by atoms with van der Waals surface area (Å²) in [6.07, 6.45) is 5.35. The molecule has 0 radical (unpaired) electrons. The van der Waals surface area contributed by atoms with E-state index in [1.807, 2.05) is 0 Å². The first-order valence-corrected chi connectivity index (χ1v) is 6.63. The van der Waals surface area contributed by atoms with Gasteiger partial charge in [-0.3, -0.25) is 4.79 Å². The van der Waals surface area contributed by atoms with Gasteiger partial charge in [0.15, 0.2) is 0 Å². The first-order chi connectivity index (χ1) is 8.57. The Labute approximate surface area is 107 Å². The minimum atomic E-state index is -0.777. The smallest absolute Gasteiger partial charge is 0.462 e. The van der Waals surface area contributed by atoms with Gasteiger partial charge in [-0.2, -0.15) is 0 Å². The van der Waals surface area contributed by atoms with Gasteiger partial charge in [0.2, 0.25) is 0 Å². The predicted molar refractivity (Wildman–Crippen MR) is 63.0 cm³/mol. The molecule has 5 heteroatoms. The molecular weight excluding hydrogens is 236 g/mol. The lowest BCUT2D eigenvalue weighted by atomic mass is 9.96. The van der Waals surface area contributed by atoms with Gasteiger partial charge in [-0.1, -0.05) is 6.42 Å². The summed E-state index contributed by atoms with van der Waals surface area (Å²) >= 11 is 0. The first kappa shape index (κ1) is 13.2. The van der Waals surface area contributed by atoms with Crippen molar-refractivity contribution in [1.29, 1.82) is 0 Å². The Morgan fingerprint density at radius 2 is 2.11 bits per heavy atom. The molecule has 1 saturated carbocycles. The van der Waals surface area contributed by atoms with Crippen LogP contribution in [0, 0.1) is 0 Å². The molecular formula is C13H20O5. The van der Waals surface area contributed by atoms with Crippen LogP contribution in [-0.4, -0.2) is 30.4 Å². The molecule has 0 aromatic rings. The van der Waals surface area contributed by atoms with E-state index in [4.69, 9.17) is 14.2 Å². The number of esters is 1. The van der Waals surface area contributed by atoms with Crippen LogP contribution < -0.4 is 0 Å². The molecule has 1 aliphatic carbocycles. The molecule has 2 fully saturated rings. The molecule has 2 aliphatic rings. The Kier molecular flexibility index (Phi) is 4.09. The second kappa shape index (κ2) is 5.59. The van der Waals surface area contributed by atoms with Gasteiger partial charge < -0.3 is 14.2 Å². The van der Waals surface area contributed by atoms with Crippen molar-refractivity contribution in [2.45, 2.75) is 63.6 Å². The normalized spacial score (nSPS) is 29.3. The molecule has 1 unspecified atom stereocenters. The van der Waals surface area contributed by atoms with Crippen molar-refractivity contribution in [3.8, 4) is 0 Å². The van der Waals surface area contributed by atoms with E-state index in [0.717, 1.165) is 25.7 Å². The molecule has 1 heterocycles. The number of rotatable bonds is 3. The largest absolute Gasteiger partial charge is 0.508 e. The van der Waals surface area contributed by atoms with Crippen LogP contribution in [0.3, 0.4) is 0 Å². The minimum Gasteiger partial charge on any atom is -0.462 e. The molecule has 0 aromatic heterocycles. The molecule has 5 nitrogen and oxygen atoms in total. The molecule has 0 aromatic carbocycles. The maximum absolute atomic E-state index is 11.8. The number of ether oxygens (including phenoxy) is 3. The minimum absolute atomic E-state index is 0.0467. The molecule has 1 aliphatic heterocycles. The van der Waals surface area contributed by atoms with Gasteiger partial charge >= 0.3 is 12.1 Å². The average Bonchev–Trinajstić information content (AvgIpc) is 2.28. The van der Waals surface area contributed by atoms with Crippen LogP contribution in [0.15, 0.2) is 0 Å². The van der Waals surface area contributed by atoms with E-state index in [9.17, 15) is 9.59 Å². The number of cyclic esters (lactones) is 2. The fourth-order valence-corrected chi connectivity index (χ4v) is 2.47. The fourth-order valence-electron chi connectivity index (χ4n) is 2.47. The summed E-state index contributed by atoms with van der Waals surface area (Å²) in [5, 5.41) is 0. The summed E-state index contributed by atoms with van der Waals surface area (Å²) in [5.74, 6) is -0.279. The van der Waals surface area contributed by atoms with Crippen molar-refractivity contribution in [2.24, 2.45) is 0 Å². The second-order valence-electron chi connectivity index (χ2n) is 5.33. The van der Waals surface area contributed by atoms with Gasteiger partial charge in [0.1, 0.15) is 11.7 Å². The summed E-state index contributed by atoms with van der Waals surface area (Å²) in [5.41, 5.74) is -0.777. The van der Waals surface area contributed by atoms with E-state index in [1.165, 1.54) is 6.42 Å². The highest BCUT2D eigenvalue weighted by Crippen LogP contribution is 2.27. The van der Waals surface area contributed by atoms with Crippen LogP contribution in [0.25, 0.3) is 0 Å². The molecule has 0 spiro atoms. The Balaban J connectivity index is 1.80. The Bertz CT molecular complexity index is 321. The third kappa shape index (κ3) is 3.62. The third-order valence-electron chi connectivity index (χ3n) is 3.55. The molecule has 0 N–H and O–H groups in total. The lowest BCUT2D eigenvalue weighted by Gasteiger charge is -2.32. The molecule has 18 heavy (non-hydrogen) atoms. The van der Waals surface area contributed by atoms with Crippen molar-refractivity contribution in [2.75, 3.05) is 6.61 Å². The van der Waals surface area contributed by atoms with E-state index in [-0.39, 0.29) is 18.5 Å². The van der Waals surface area contributed by atoms with E-state index in [2.05, 4.69) is 0 Å². The van der Waals surface area contributed by atoms with Crippen LogP contribution in [0.2, 0.25) is 0 Å². The van der Waals surface area contributed by atoms with Crippen LogP contribution >= 0.6 is 0 Å². The fraction of sp³-hybridized carbons (Fsp3) is 0.846. The zero-order valence-corrected chi connectivity index (χ0v) is 10.8. The topological polar surface area (TPSA) is 61.8 Å². The first-order valence-electron chi connectivity index (χ1n) is 6.63. The lowest BCUT2D eigenvalue weighted by Crippen LogP contribution is -2.41. The van der Waals surface area contributed by atoms with Crippen molar-refractivity contribution >= 4 is 12.1 Å². The van der Waals surface area contributed by atoms with E-state index in [0.29, 0.717) is 13.0 Å². The number of hydrogen-bond acceptors (Lipinski definition) is 5. The SMILES string of the molecule is CC1(CC(=O)OC2CCCCC2)CCOC(=O)O1. The highest BCUT2D eigenvalue weighted by atomic mass is 16.7. The highest BCUT2D eigenvalue weighted by Gasteiger charge is 2.37. The van der Waals surface area contributed by atoms with Crippen molar-refractivity contribution in [3.05, 3.63) is 0 Å². The maximum Gasteiger partial charge on any atom is 0.508 e. The number of carbonyl (C=O) groups excluding carboxylic acids is 2. The number of carbonyl (C=O) groups is 2.